The van der Waals surface area contributed by atoms with Crippen LogP contribution < -0.4 is 10.6 Å². The highest BCUT2D eigenvalue weighted by Crippen LogP contribution is 2.31. The lowest BCUT2D eigenvalue weighted by Crippen LogP contribution is -2.33. The molecule has 0 atom stereocenters. The SMILES string of the molecule is CNCCCN(C)C(=O)Nc1c(Br)cc(Br)cc1C(=O)O. The molecule has 116 valence electrons. The maximum absolute atomic E-state index is 12.1. The third-order valence-corrected chi connectivity index (χ3v) is 3.87. The monoisotopic (exact) mass is 421 g/mol. The fraction of sp³-hybridized carbons (Fsp3) is 0.385. The lowest BCUT2D eigenvalue weighted by Gasteiger charge is -2.19. The fourth-order valence-corrected chi connectivity index (χ4v) is 2.99. The van der Waals surface area contributed by atoms with Crippen LogP contribution in [0.3, 0.4) is 0 Å². The number of benzene rings is 1. The van der Waals surface area contributed by atoms with Crippen molar-refractivity contribution in [3.63, 3.8) is 0 Å². The number of carboxylic acid groups (broad SMARTS) is 1. The van der Waals surface area contributed by atoms with E-state index in [2.05, 4.69) is 42.5 Å². The van der Waals surface area contributed by atoms with Crippen LogP contribution in [0, 0.1) is 0 Å². The summed E-state index contributed by atoms with van der Waals surface area (Å²) in [5.41, 5.74) is 0.268. The fourth-order valence-electron chi connectivity index (χ4n) is 1.67. The van der Waals surface area contributed by atoms with Crippen LogP contribution in [0.4, 0.5) is 10.5 Å². The highest BCUT2D eigenvalue weighted by molar-refractivity contribution is 9.11. The van der Waals surface area contributed by atoms with Crippen LogP contribution in [-0.4, -0.2) is 49.2 Å². The van der Waals surface area contributed by atoms with Gasteiger partial charge in [-0.1, -0.05) is 15.9 Å². The van der Waals surface area contributed by atoms with Crippen molar-refractivity contribution in [1.82, 2.24) is 10.2 Å². The summed E-state index contributed by atoms with van der Waals surface area (Å²) in [4.78, 5) is 24.9. The van der Waals surface area contributed by atoms with Gasteiger partial charge in [0.05, 0.1) is 11.3 Å². The minimum Gasteiger partial charge on any atom is -0.478 e. The smallest absolute Gasteiger partial charge is 0.337 e. The maximum Gasteiger partial charge on any atom is 0.337 e. The average molecular weight is 423 g/mol. The Kier molecular flexibility index (Phi) is 7.13. The number of carboxylic acids is 1. The number of hydrogen-bond acceptors (Lipinski definition) is 3. The zero-order valence-corrected chi connectivity index (χ0v) is 14.9. The molecule has 0 aromatic heterocycles. The van der Waals surface area contributed by atoms with Crippen LogP contribution in [0.15, 0.2) is 21.1 Å². The Labute approximate surface area is 140 Å². The number of urea groups is 1. The van der Waals surface area contributed by atoms with Gasteiger partial charge >= 0.3 is 12.0 Å². The molecule has 0 aliphatic rings. The summed E-state index contributed by atoms with van der Waals surface area (Å²) in [6.45, 7) is 1.38. The Bertz CT molecular complexity index is 538. The van der Waals surface area contributed by atoms with Gasteiger partial charge in [0.1, 0.15) is 0 Å². The Morgan fingerprint density at radius 2 is 2.00 bits per heavy atom. The summed E-state index contributed by atoms with van der Waals surface area (Å²) in [5, 5.41) is 14.9. The van der Waals surface area contributed by atoms with E-state index >= 15 is 0 Å². The van der Waals surface area contributed by atoms with Crippen molar-refractivity contribution in [3.05, 3.63) is 26.6 Å². The van der Waals surface area contributed by atoms with E-state index in [9.17, 15) is 14.7 Å². The van der Waals surface area contributed by atoms with Gasteiger partial charge < -0.3 is 20.6 Å². The van der Waals surface area contributed by atoms with Crippen LogP contribution in [-0.2, 0) is 0 Å². The van der Waals surface area contributed by atoms with Crippen molar-refractivity contribution >= 4 is 49.5 Å². The molecular formula is C13H17Br2N3O3. The van der Waals surface area contributed by atoms with E-state index in [4.69, 9.17) is 0 Å². The Hall–Kier alpha value is -1.12. The summed E-state index contributed by atoms with van der Waals surface area (Å²) in [7, 11) is 3.51. The van der Waals surface area contributed by atoms with Gasteiger partial charge in [-0.3, -0.25) is 0 Å². The van der Waals surface area contributed by atoms with E-state index in [1.54, 1.807) is 13.1 Å². The number of hydrogen-bond donors (Lipinski definition) is 3. The van der Waals surface area contributed by atoms with E-state index in [0.29, 0.717) is 15.5 Å². The quantitative estimate of drug-likeness (QED) is 0.615. The van der Waals surface area contributed by atoms with Crippen molar-refractivity contribution < 1.29 is 14.7 Å². The van der Waals surface area contributed by atoms with E-state index in [1.807, 2.05) is 7.05 Å². The van der Waals surface area contributed by atoms with Crippen molar-refractivity contribution in [2.75, 3.05) is 32.5 Å². The molecule has 0 bridgehead atoms. The topological polar surface area (TPSA) is 81.7 Å². The van der Waals surface area contributed by atoms with E-state index in [0.717, 1.165) is 13.0 Å². The molecular weight excluding hydrogens is 406 g/mol. The molecule has 0 fully saturated rings. The molecule has 1 rings (SSSR count). The van der Waals surface area contributed by atoms with Crippen LogP contribution >= 0.6 is 31.9 Å². The summed E-state index contributed by atoms with van der Waals surface area (Å²) >= 11 is 6.50. The van der Waals surface area contributed by atoms with Crippen LogP contribution in [0.2, 0.25) is 0 Å². The number of carbonyl (C=O) groups is 2. The highest BCUT2D eigenvalue weighted by Gasteiger charge is 2.18. The summed E-state index contributed by atoms with van der Waals surface area (Å²) in [6.07, 6.45) is 0.813. The second-order valence-corrected chi connectivity index (χ2v) is 6.19. The zero-order valence-electron chi connectivity index (χ0n) is 11.7. The van der Waals surface area contributed by atoms with Gasteiger partial charge in [-0.05, 0) is 48.1 Å². The molecule has 6 nitrogen and oxygen atoms in total. The minimum absolute atomic E-state index is 0.0215. The zero-order chi connectivity index (χ0) is 16.0. The van der Waals surface area contributed by atoms with Crippen LogP contribution in [0.1, 0.15) is 16.8 Å². The molecule has 0 unspecified atom stereocenters. The third-order valence-electron chi connectivity index (χ3n) is 2.78. The second kappa shape index (κ2) is 8.35. The standard InChI is InChI=1S/C13H17Br2N3O3/c1-16-4-3-5-18(2)13(21)17-11-9(12(19)20)6-8(14)7-10(11)15/h6-7,16H,3-5H2,1-2H3,(H,17,21)(H,19,20). The third kappa shape index (κ3) is 5.29. The molecule has 0 heterocycles. The first-order valence-electron chi connectivity index (χ1n) is 6.26. The lowest BCUT2D eigenvalue weighted by molar-refractivity contribution is 0.0698. The number of carbonyl (C=O) groups excluding carboxylic acids is 1. The predicted molar refractivity (Wildman–Crippen MR) is 89.0 cm³/mol. The van der Waals surface area contributed by atoms with Crippen molar-refractivity contribution in [2.45, 2.75) is 6.42 Å². The number of amides is 2. The van der Waals surface area contributed by atoms with E-state index < -0.39 is 5.97 Å². The maximum atomic E-state index is 12.1. The average Bonchev–Trinajstić information content (AvgIpc) is 2.41. The summed E-state index contributed by atoms with van der Waals surface area (Å²) in [6, 6.07) is 2.78. The van der Waals surface area contributed by atoms with Crippen molar-refractivity contribution in [3.8, 4) is 0 Å². The first-order chi connectivity index (χ1) is 9.86. The molecule has 0 saturated carbocycles. The molecule has 0 saturated heterocycles. The van der Waals surface area contributed by atoms with Gasteiger partial charge in [0, 0.05) is 22.5 Å². The Morgan fingerprint density at radius 1 is 1.33 bits per heavy atom. The highest BCUT2D eigenvalue weighted by atomic mass is 79.9. The largest absolute Gasteiger partial charge is 0.478 e. The van der Waals surface area contributed by atoms with Gasteiger partial charge in [-0.25, -0.2) is 9.59 Å². The minimum atomic E-state index is -1.11. The second-order valence-electron chi connectivity index (χ2n) is 4.42. The molecule has 21 heavy (non-hydrogen) atoms. The van der Waals surface area contributed by atoms with Gasteiger partial charge in [0.25, 0.3) is 0 Å². The summed E-state index contributed by atoms with van der Waals surface area (Å²) < 4.78 is 1.12. The van der Waals surface area contributed by atoms with Crippen LogP contribution in [0.5, 0.6) is 0 Å². The van der Waals surface area contributed by atoms with E-state index in [1.165, 1.54) is 11.0 Å². The number of rotatable bonds is 6. The predicted octanol–water partition coefficient (Wildman–Crippen LogP) is 2.98. The molecule has 3 N–H and O–H groups in total. The van der Waals surface area contributed by atoms with Crippen LogP contribution in [0.25, 0.3) is 0 Å². The molecule has 8 heteroatoms. The number of halogens is 2. The van der Waals surface area contributed by atoms with E-state index in [-0.39, 0.29) is 17.3 Å². The molecule has 0 spiro atoms. The van der Waals surface area contributed by atoms with Gasteiger partial charge in [0.2, 0.25) is 0 Å². The summed E-state index contributed by atoms with van der Waals surface area (Å²) in [5.74, 6) is -1.11. The molecule has 1 aromatic rings. The lowest BCUT2D eigenvalue weighted by atomic mass is 10.2. The van der Waals surface area contributed by atoms with Gasteiger partial charge in [-0.2, -0.15) is 0 Å². The molecule has 0 radical (unpaired) electrons. The number of nitrogens with zero attached hydrogens (tertiary/aromatic N) is 1. The Morgan fingerprint density at radius 3 is 2.57 bits per heavy atom. The van der Waals surface area contributed by atoms with Gasteiger partial charge in [0.15, 0.2) is 0 Å². The Balaban J connectivity index is 2.87. The molecule has 0 aliphatic heterocycles. The number of anilines is 1. The molecule has 2 amide bonds. The van der Waals surface area contributed by atoms with Gasteiger partial charge in [-0.15, -0.1) is 0 Å². The first kappa shape index (κ1) is 17.9. The normalized spacial score (nSPS) is 10.3. The van der Waals surface area contributed by atoms with Crippen molar-refractivity contribution in [1.29, 1.82) is 0 Å². The van der Waals surface area contributed by atoms with Crippen molar-refractivity contribution in [2.24, 2.45) is 0 Å². The number of nitrogens with one attached hydrogen (secondary N) is 2. The molecule has 0 aliphatic carbocycles. The molecule has 1 aromatic carbocycles. The number of aromatic carboxylic acids is 1. The first-order valence-corrected chi connectivity index (χ1v) is 7.84.